The molecule has 26 heavy (non-hydrogen) atoms. The summed E-state index contributed by atoms with van der Waals surface area (Å²) in [4.78, 5) is 1.78. The SMILES string of the molecule is CCc1ccc(-c2c(F)cc(-c3ccc(CC4CCC4)cc3)cc2F)s1. The van der Waals surface area contributed by atoms with Gasteiger partial charge in [-0.05, 0) is 59.7 Å². The first-order valence-electron chi connectivity index (χ1n) is 9.31. The summed E-state index contributed by atoms with van der Waals surface area (Å²) in [5.41, 5.74) is 2.83. The highest BCUT2D eigenvalue weighted by molar-refractivity contribution is 7.15. The van der Waals surface area contributed by atoms with Crippen LogP contribution in [0.25, 0.3) is 21.6 Å². The molecule has 0 aliphatic heterocycles. The minimum absolute atomic E-state index is 0.0834. The topological polar surface area (TPSA) is 0 Å². The van der Waals surface area contributed by atoms with Crippen LogP contribution in [-0.2, 0) is 12.8 Å². The maximum absolute atomic E-state index is 14.7. The lowest BCUT2D eigenvalue weighted by atomic mass is 9.81. The van der Waals surface area contributed by atoms with E-state index in [0.717, 1.165) is 29.2 Å². The zero-order chi connectivity index (χ0) is 18.1. The predicted molar refractivity (Wildman–Crippen MR) is 106 cm³/mol. The van der Waals surface area contributed by atoms with Gasteiger partial charge in [0.15, 0.2) is 0 Å². The molecule has 1 aliphatic carbocycles. The summed E-state index contributed by atoms with van der Waals surface area (Å²) in [5, 5.41) is 0. The third kappa shape index (κ3) is 3.45. The third-order valence-electron chi connectivity index (χ3n) is 5.34. The molecule has 0 saturated heterocycles. The van der Waals surface area contributed by atoms with Gasteiger partial charge in [-0.15, -0.1) is 11.3 Å². The molecule has 0 spiro atoms. The molecule has 0 amide bonds. The Kier molecular flexibility index (Phi) is 4.90. The lowest BCUT2D eigenvalue weighted by Crippen LogP contribution is -2.13. The second-order valence-electron chi connectivity index (χ2n) is 7.13. The zero-order valence-corrected chi connectivity index (χ0v) is 15.7. The summed E-state index contributed by atoms with van der Waals surface area (Å²) in [5.74, 6) is -0.181. The lowest BCUT2D eigenvalue weighted by Gasteiger charge is -2.25. The molecular weight excluding hydrogens is 346 g/mol. The molecule has 0 radical (unpaired) electrons. The largest absolute Gasteiger partial charge is 0.206 e. The Hall–Kier alpha value is -2.00. The molecule has 3 heteroatoms. The van der Waals surface area contributed by atoms with E-state index >= 15 is 0 Å². The van der Waals surface area contributed by atoms with Crippen molar-refractivity contribution in [2.75, 3.05) is 0 Å². The van der Waals surface area contributed by atoms with E-state index in [-0.39, 0.29) is 5.56 Å². The van der Waals surface area contributed by atoms with Gasteiger partial charge in [-0.3, -0.25) is 0 Å². The molecule has 1 aromatic heterocycles. The van der Waals surface area contributed by atoms with Crippen molar-refractivity contribution in [1.82, 2.24) is 0 Å². The van der Waals surface area contributed by atoms with Crippen LogP contribution < -0.4 is 0 Å². The molecule has 1 saturated carbocycles. The number of aryl methyl sites for hydroxylation is 1. The first kappa shape index (κ1) is 17.4. The molecule has 1 fully saturated rings. The molecule has 0 bridgehead atoms. The number of halogens is 2. The van der Waals surface area contributed by atoms with Crippen LogP contribution >= 0.6 is 11.3 Å². The van der Waals surface area contributed by atoms with Crippen LogP contribution in [0.4, 0.5) is 8.78 Å². The lowest BCUT2D eigenvalue weighted by molar-refractivity contribution is 0.314. The molecule has 0 atom stereocenters. The van der Waals surface area contributed by atoms with Gasteiger partial charge >= 0.3 is 0 Å². The van der Waals surface area contributed by atoms with Gasteiger partial charge in [-0.2, -0.15) is 0 Å². The summed E-state index contributed by atoms with van der Waals surface area (Å²) >= 11 is 1.45. The highest BCUT2D eigenvalue weighted by Crippen LogP contribution is 2.35. The Morgan fingerprint density at radius 2 is 1.62 bits per heavy atom. The van der Waals surface area contributed by atoms with Crippen LogP contribution in [0, 0.1) is 17.6 Å². The predicted octanol–water partition coefficient (Wildman–Crippen LogP) is 7.27. The van der Waals surface area contributed by atoms with Gasteiger partial charge in [0.1, 0.15) is 11.6 Å². The minimum Gasteiger partial charge on any atom is -0.206 e. The van der Waals surface area contributed by atoms with Crippen LogP contribution in [0.15, 0.2) is 48.5 Å². The Bertz CT molecular complexity index is 881. The first-order chi connectivity index (χ1) is 12.6. The molecule has 1 aliphatic rings. The average molecular weight is 368 g/mol. The Morgan fingerprint density at radius 1 is 0.923 bits per heavy atom. The van der Waals surface area contributed by atoms with E-state index in [1.807, 2.05) is 25.1 Å². The van der Waals surface area contributed by atoms with Crippen molar-refractivity contribution in [3.8, 4) is 21.6 Å². The monoisotopic (exact) mass is 368 g/mol. The number of benzene rings is 2. The van der Waals surface area contributed by atoms with E-state index in [1.54, 1.807) is 6.07 Å². The standard InChI is InChI=1S/C23H22F2S/c1-2-19-10-11-22(26-19)23-20(24)13-18(14-21(23)25)17-8-6-16(7-9-17)12-15-4-3-5-15/h6-11,13-15H,2-5,12H2,1H3. The Labute approximate surface area is 157 Å². The summed E-state index contributed by atoms with van der Waals surface area (Å²) in [6.07, 6.45) is 5.97. The van der Waals surface area contributed by atoms with Crippen LogP contribution in [0.5, 0.6) is 0 Å². The average Bonchev–Trinajstić information content (AvgIpc) is 3.07. The molecule has 2 aromatic carbocycles. The number of hydrogen-bond donors (Lipinski definition) is 0. The van der Waals surface area contributed by atoms with Gasteiger partial charge in [0.05, 0.1) is 5.56 Å². The van der Waals surface area contributed by atoms with Crippen LogP contribution in [-0.4, -0.2) is 0 Å². The Morgan fingerprint density at radius 3 is 2.15 bits per heavy atom. The molecular formula is C23H22F2S. The highest BCUT2D eigenvalue weighted by atomic mass is 32.1. The minimum atomic E-state index is -0.497. The van der Waals surface area contributed by atoms with Gasteiger partial charge in [-0.25, -0.2) is 8.78 Å². The molecule has 3 aromatic rings. The third-order valence-corrected chi connectivity index (χ3v) is 6.58. The first-order valence-corrected chi connectivity index (χ1v) is 10.1. The molecule has 0 N–H and O–H groups in total. The molecule has 0 unspecified atom stereocenters. The molecule has 4 rings (SSSR count). The summed E-state index contributed by atoms with van der Waals surface area (Å²) in [6.45, 7) is 2.04. The number of thiophene rings is 1. The van der Waals surface area contributed by atoms with Crippen molar-refractivity contribution < 1.29 is 8.78 Å². The summed E-state index contributed by atoms with van der Waals surface area (Å²) in [6, 6.07) is 14.8. The fraction of sp³-hybridized carbons (Fsp3) is 0.304. The Balaban J connectivity index is 1.61. The summed E-state index contributed by atoms with van der Waals surface area (Å²) < 4.78 is 29.3. The second kappa shape index (κ2) is 7.32. The van der Waals surface area contributed by atoms with Crippen molar-refractivity contribution in [3.63, 3.8) is 0 Å². The van der Waals surface area contributed by atoms with Gasteiger partial charge < -0.3 is 0 Å². The molecule has 1 heterocycles. The van der Waals surface area contributed by atoms with E-state index in [4.69, 9.17) is 0 Å². The van der Waals surface area contributed by atoms with E-state index in [2.05, 4.69) is 12.1 Å². The van der Waals surface area contributed by atoms with E-state index in [9.17, 15) is 8.78 Å². The van der Waals surface area contributed by atoms with Crippen LogP contribution in [0.3, 0.4) is 0 Å². The van der Waals surface area contributed by atoms with E-state index in [0.29, 0.717) is 10.4 Å². The number of rotatable bonds is 5. The van der Waals surface area contributed by atoms with Gasteiger partial charge in [-0.1, -0.05) is 50.5 Å². The maximum atomic E-state index is 14.7. The molecule has 134 valence electrons. The van der Waals surface area contributed by atoms with Crippen molar-refractivity contribution in [2.45, 2.75) is 39.0 Å². The highest BCUT2D eigenvalue weighted by Gasteiger charge is 2.18. The number of hydrogen-bond acceptors (Lipinski definition) is 1. The van der Waals surface area contributed by atoms with Crippen LogP contribution in [0.2, 0.25) is 0 Å². The molecule has 0 nitrogen and oxygen atoms in total. The van der Waals surface area contributed by atoms with Gasteiger partial charge in [0.2, 0.25) is 0 Å². The normalized spacial score (nSPS) is 14.4. The smallest absolute Gasteiger partial charge is 0.135 e. The zero-order valence-electron chi connectivity index (χ0n) is 14.9. The van der Waals surface area contributed by atoms with Crippen molar-refractivity contribution in [3.05, 3.63) is 70.6 Å². The van der Waals surface area contributed by atoms with Gasteiger partial charge in [0, 0.05) is 9.75 Å². The van der Waals surface area contributed by atoms with Crippen molar-refractivity contribution in [2.24, 2.45) is 5.92 Å². The van der Waals surface area contributed by atoms with Crippen molar-refractivity contribution in [1.29, 1.82) is 0 Å². The quantitative estimate of drug-likeness (QED) is 0.444. The fourth-order valence-electron chi connectivity index (χ4n) is 3.54. The maximum Gasteiger partial charge on any atom is 0.135 e. The van der Waals surface area contributed by atoms with E-state index in [1.165, 1.54) is 48.3 Å². The van der Waals surface area contributed by atoms with Crippen molar-refractivity contribution >= 4 is 11.3 Å². The fourth-order valence-corrected chi connectivity index (χ4v) is 4.54. The van der Waals surface area contributed by atoms with E-state index < -0.39 is 11.6 Å². The second-order valence-corrected chi connectivity index (χ2v) is 8.30. The summed E-state index contributed by atoms with van der Waals surface area (Å²) in [7, 11) is 0. The van der Waals surface area contributed by atoms with Gasteiger partial charge in [0.25, 0.3) is 0 Å². The van der Waals surface area contributed by atoms with Crippen LogP contribution in [0.1, 0.15) is 36.6 Å².